The van der Waals surface area contributed by atoms with Crippen LogP contribution in [0.15, 0.2) is 6.33 Å². The molecule has 1 unspecified atom stereocenters. The minimum atomic E-state index is -1.61. The third-order valence-corrected chi connectivity index (χ3v) is 1.47. The van der Waals surface area contributed by atoms with E-state index in [1.807, 2.05) is 0 Å². The highest BCUT2D eigenvalue weighted by molar-refractivity contribution is 5.77. The lowest BCUT2D eigenvalue weighted by molar-refractivity contribution is -0.146. The van der Waals surface area contributed by atoms with Crippen molar-refractivity contribution in [2.45, 2.75) is 12.6 Å². The minimum absolute atomic E-state index is 0.126. The first-order valence-electron chi connectivity index (χ1n) is 3.98. The number of aromatic nitrogens is 4. The van der Waals surface area contributed by atoms with Crippen LogP contribution in [0.25, 0.3) is 0 Å². The molecule has 0 radical (unpaired) electrons. The second kappa shape index (κ2) is 5.00. The van der Waals surface area contributed by atoms with E-state index in [1.54, 1.807) is 0 Å². The van der Waals surface area contributed by atoms with Gasteiger partial charge in [0.2, 0.25) is 5.91 Å². The van der Waals surface area contributed by atoms with E-state index in [2.05, 4.69) is 20.8 Å². The van der Waals surface area contributed by atoms with Crippen molar-refractivity contribution < 1.29 is 19.8 Å². The van der Waals surface area contributed by atoms with Crippen molar-refractivity contribution in [2.75, 3.05) is 6.54 Å². The number of aliphatic hydroxyl groups excluding tert-OH is 1. The maximum absolute atomic E-state index is 11.1. The van der Waals surface area contributed by atoms with Gasteiger partial charge in [0.15, 0.2) is 6.10 Å². The Morgan fingerprint density at radius 3 is 2.80 bits per heavy atom. The van der Waals surface area contributed by atoms with Gasteiger partial charge in [-0.1, -0.05) is 0 Å². The third-order valence-electron chi connectivity index (χ3n) is 1.47. The Hall–Kier alpha value is -2.03. The van der Waals surface area contributed by atoms with Crippen LogP contribution in [0, 0.1) is 0 Å². The van der Waals surface area contributed by atoms with Crippen molar-refractivity contribution in [1.29, 1.82) is 0 Å². The molecule has 0 aromatic carbocycles. The van der Waals surface area contributed by atoms with Crippen LogP contribution in [0.3, 0.4) is 0 Å². The molecule has 15 heavy (non-hydrogen) atoms. The molecule has 1 amide bonds. The van der Waals surface area contributed by atoms with E-state index in [4.69, 9.17) is 10.2 Å². The predicted octanol–water partition coefficient (Wildman–Crippen LogP) is -2.77. The van der Waals surface area contributed by atoms with Gasteiger partial charge in [0, 0.05) is 0 Å². The van der Waals surface area contributed by atoms with Crippen LogP contribution in [0.1, 0.15) is 0 Å². The molecule has 0 fully saturated rings. The Kier molecular flexibility index (Phi) is 3.68. The first-order valence-corrected chi connectivity index (χ1v) is 3.98. The van der Waals surface area contributed by atoms with Crippen molar-refractivity contribution in [3.05, 3.63) is 6.33 Å². The van der Waals surface area contributed by atoms with E-state index in [1.165, 1.54) is 11.0 Å². The van der Waals surface area contributed by atoms with Gasteiger partial charge in [-0.25, -0.2) is 9.48 Å². The lowest BCUT2D eigenvalue weighted by Gasteiger charge is -2.06. The Morgan fingerprint density at radius 1 is 1.53 bits per heavy atom. The summed E-state index contributed by atoms with van der Waals surface area (Å²) in [7, 11) is 0. The standard InChI is InChI=1S/C6H9N5O4/c12-4(6(14)15)1-7-5(13)2-11-3-8-9-10-11/h3-4,12H,1-2H2,(H,7,13)(H,14,15). The van der Waals surface area contributed by atoms with Crippen LogP contribution < -0.4 is 5.32 Å². The number of carboxylic acids is 1. The van der Waals surface area contributed by atoms with Crippen molar-refractivity contribution in [3.63, 3.8) is 0 Å². The Balaban J connectivity index is 2.28. The fourth-order valence-electron chi connectivity index (χ4n) is 0.754. The summed E-state index contributed by atoms with van der Waals surface area (Å²) >= 11 is 0. The summed E-state index contributed by atoms with van der Waals surface area (Å²) in [5.74, 6) is -1.87. The van der Waals surface area contributed by atoms with Gasteiger partial charge in [0.05, 0.1) is 6.54 Å². The van der Waals surface area contributed by atoms with Crippen LogP contribution in [-0.4, -0.2) is 54.9 Å². The number of hydrogen-bond donors (Lipinski definition) is 3. The largest absolute Gasteiger partial charge is 0.479 e. The molecule has 0 saturated carbocycles. The second-order valence-electron chi connectivity index (χ2n) is 2.67. The summed E-state index contributed by atoms with van der Waals surface area (Å²) in [4.78, 5) is 21.3. The van der Waals surface area contributed by atoms with E-state index >= 15 is 0 Å². The average Bonchev–Trinajstić information content (AvgIpc) is 2.66. The lowest BCUT2D eigenvalue weighted by atomic mass is 10.3. The first-order chi connectivity index (χ1) is 7.09. The number of tetrazole rings is 1. The number of aliphatic hydroxyl groups is 1. The van der Waals surface area contributed by atoms with Gasteiger partial charge >= 0.3 is 5.97 Å². The quantitative estimate of drug-likeness (QED) is 0.484. The fraction of sp³-hybridized carbons (Fsp3) is 0.500. The van der Waals surface area contributed by atoms with Crippen LogP contribution in [-0.2, 0) is 16.1 Å². The van der Waals surface area contributed by atoms with Gasteiger partial charge < -0.3 is 15.5 Å². The Bertz CT molecular complexity index is 337. The van der Waals surface area contributed by atoms with Crippen LogP contribution in [0.2, 0.25) is 0 Å². The van der Waals surface area contributed by atoms with Gasteiger partial charge in [-0.2, -0.15) is 0 Å². The van der Waals surface area contributed by atoms with Crippen molar-refractivity contribution in [3.8, 4) is 0 Å². The molecule has 9 nitrogen and oxygen atoms in total. The molecule has 0 aliphatic carbocycles. The molecule has 0 aliphatic heterocycles. The summed E-state index contributed by atoms with van der Waals surface area (Å²) < 4.78 is 1.17. The maximum Gasteiger partial charge on any atom is 0.334 e. The van der Waals surface area contributed by atoms with Crippen LogP contribution >= 0.6 is 0 Å². The number of carboxylic acid groups (broad SMARTS) is 1. The molecule has 3 N–H and O–H groups in total. The van der Waals surface area contributed by atoms with E-state index in [0.29, 0.717) is 0 Å². The molecule has 0 saturated heterocycles. The average molecular weight is 215 g/mol. The number of rotatable bonds is 5. The van der Waals surface area contributed by atoms with Gasteiger partial charge in [-0.15, -0.1) is 5.10 Å². The molecule has 1 rings (SSSR count). The molecule has 1 atom stereocenters. The van der Waals surface area contributed by atoms with E-state index in [-0.39, 0.29) is 13.1 Å². The van der Waals surface area contributed by atoms with E-state index in [0.717, 1.165) is 0 Å². The van der Waals surface area contributed by atoms with E-state index < -0.39 is 18.0 Å². The summed E-state index contributed by atoms with van der Waals surface area (Å²) in [6.07, 6.45) is -0.365. The first kappa shape index (κ1) is 11.0. The zero-order chi connectivity index (χ0) is 11.3. The summed E-state index contributed by atoms with van der Waals surface area (Å²) in [6.45, 7) is -0.477. The molecule has 82 valence electrons. The normalized spacial score (nSPS) is 12.1. The number of hydrogen-bond acceptors (Lipinski definition) is 6. The summed E-state index contributed by atoms with van der Waals surface area (Å²) in [5, 5.41) is 29.4. The van der Waals surface area contributed by atoms with Crippen molar-refractivity contribution >= 4 is 11.9 Å². The topological polar surface area (TPSA) is 130 Å². The van der Waals surface area contributed by atoms with Gasteiger partial charge in [0.1, 0.15) is 12.9 Å². The Labute approximate surface area is 83.7 Å². The maximum atomic E-state index is 11.1. The zero-order valence-electron chi connectivity index (χ0n) is 7.57. The number of carbonyl (C=O) groups excluding carboxylic acids is 1. The van der Waals surface area contributed by atoms with Crippen LogP contribution in [0.4, 0.5) is 0 Å². The number of amides is 1. The summed E-state index contributed by atoms with van der Waals surface area (Å²) in [6, 6.07) is 0. The van der Waals surface area contributed by atoms with Crippen LogP contribution in [0.5, 0.6) is 0 Å². The molecular weight excluding hydrogens is 206 g/mol. The molecule has 1 aromatic rings. The number of nitrogens with zero attached hydrogens (tertiary/aromatic N) is 4. The van der Waals surface area contributed by atoms with E-state index in [9.17, 15) is 9.59 Å². The zero-order valence-corrected chi connectivity index (χ0v) is 7.57. The monoisotopic (exact) mass is 215 g/mol. The predicted molar refractivity (Wildman–Crippen MR) is 44.5 cm³/mol. The van der Waals surface area contributed by atoms with Gasteiger partial charge in [-0.3, -0.25) is 4.79 Å². The summed E-state index contributed by atoms with van der Waals surface area (Å²) in [5.41, 5.74) is 0. The molecule has 9 heteroatoms. The highest BCUT2D eigenvalue weighted by atomic mass is 16.4. The third kappa shape index (κ3) is 3.68. The molecule has 0 bridgehead atoms. The highest BCUT2D eigenvalue weighted by Gasteiger charge is 2.14. The highest BCUT2D eigenvalue weighted by Crippen LogP contribution is 1.82. The molecule has 0 aliphatic rings. The number of carbonyl (C=O) groups is 2. The number of nitrogens with one attached hydrogen (secondary N) is 1. The molecular formula is C6H9N5O4. The minimum Gasteiger partial charge on any atom is -0.479 e. The number of aliphatic carboxylic acids is 1. The molecule has 0 spiro atoms. The lowest BCUT2D eigenvalue weighted by Crippen LogP contribution is -2.38. The second-order valence-corrected chi connectivity index (χ2v) is 2.67. The molecule has 1 heterocycles. The Morgan fingerprint density at radius 2 is 2.27 bits per heavy atom. The van der Waals surface area contributed by atoms with Gasteiger partial charge in [-0.05, 0) is 10.4 Å². The molecule has 1 aromatic heterocycles. The SMILES string of the molecule is O=C(Cn1cnnn1)NCC(O)C(=O)O. The smallest absolute Gasteiger partial charge is 0.334 e. The van der Waals surface area contributed by atoms with Crippen molar-refractivity contribution in [1.82, 2.24) is 25.5 Å². The van der Waals surface area contributed by atoms with Crippen molar-refractivity contribution in [2.24, 2.45) is 0 Å². The fourth-order valence-corrected chi connectivity index (χ4v) is 0.754. The van der Waals surface area contributed by atoms with Gasteiger partial charge in [0.25, 0.3) is 0 Å².